The number of nitrogens with one attached hydrogen (secondary N) is 1. The first-order chi connectivity index (χ1) is 14.3. The second kappa shape index (κ2) is 8.61. The number of carbonyl (C=O) groups is 1. The Hall–Kier alpha value is -3.29. The van der Waals surface area contributed by atoms with Crippen molar-refractivity contribution in [2.24, 2.45) is 0 Å². The molecule has 0 spiro atoms. The van der Waals surface area contributed by atoms with Crippen LogP contribution in [0.5, 0.6) is 0 Å². The fraction of sp³-hybridized carbons (Fsp3) is 0.273. The summed E-state index contributed by atoms with van der Waals surface area (Å²) in [5.41, 5.74) is -2.54. The smallest absolute Gasteiger partial charge is 0.418 e. The normalized spacial score (nSPS) is 11.5. The molecule has 3 aromatic rings. The van der Waals surface area contributed by atoms with E-state index in [0.717, 1.165) is 0 Å². The van der Waals surface area contributed by atoms with Crippen LogP contribution in [0.15, 0.2) is 57.7 Å². The molecule has 0 saturated carbocycles. The van der Waals surface area contributed by atoms with Gasteiger partial charge < -0.3 is 14.6 Å². The minimum absolute atomic E-state index is 0.0185. The largest absolute Gasteiger partial charge is 0.422 e. The molecule has 0 radical (unpaired) electrons. The molecule has 158 valence electrons. The van der Waals surface area contributed by atoms with Crippen molar-refractivity contribution >= 4 is 22.6 Å². The molecule has 2 aromatic carbocycles. The Kier molecular flexibility index (Phi) is 6.14. The van der Waals surface area contributed by atoms with Crippen molar-refractivity contribution in [1.82, 2.24) is 5.32 Å². The summed E-state index contributed by atoms with van der Waals surface area (Å²) in [6.07, 6.45) is -4.91. The molecule has 0 bridgehead atoms. The quantitative estimate of drug-likeness (QED) is 0.595. The number of amides is 1. The number of carbonyl (C=O) groups excluding carboxylic acids is 1. The standard InChI is InChI=1S/C22H21F3N2O3/c1-3-27(4-2)15-10-11-16-17(12-15)30-21(29)18(19(16)22(23,24)25)20(28)26-13-14-8-6-5-7-9-14/h5-12H,3-4,13H2,1-2H3,(H,26,28). The highest BCUT2D eigenvalue weighted by Gasteiger charge is 2.40. The minimum Gasteiger partial charge on any atom is -0.422 e. The second-order valence-corrected chi connectivity index (χ2v) is 6.66. The fourth-order valence-electron chi connectivity index (χ4n) is 3.34. The van der Waals surface area contributed by atoms with Crippen LogP contribution in [0.1, 0.15) is 35.3 Å². The molecule has 0 fully saturated rings. The maximum absolute atomic E-state index is 13.9. The molecule has 0 saturated heterocycles. The highest BCUT2D eigenvalue weighted by molar-refractivity contribution is 6.00. The van der Waals surface area contributed by atoms with Crippen molar-refractivity contribution in [3.05, 3.63) is 75.6 Å². The van der Waals surface area contributed by atoms with E-state index < -0.39 is 28.8 Å². The van der Waals surface area contributed by atoms with Gasteiger partial charge in [0.05, 0.1) is 5.56 Å². The summed E-state index contributed by atoms with van der Waals surface area (Å²) in [6, 6.07) is 12.8. The van der Waals surface area contributed by atoms with Crippen LogP contribution in [-0.2, 0) is 12.7 Å². The van der Waals surface area contributed by atoms with E-state index in [2.05, 4.69) is 5.32 Å². The number of hydrogen-bond donors (Lipinski definition) is 1. The van der Waals surface area contributed by atoms with E-state index in [-0.39, 0.29) is 17.5 Å². The number of nitrogens with zero attached hydrogens (tertiary/aromatic N) is 1. The molecule has 1 N–H and O–H groups in total. The Morgan fingerprint density at radius 3 is 2.33 bits per heavy atom. The van der Waals surface area contributed by atoms with Gasteiger partial charge in [0.25, 0.3) is 5.91 Å². The predicted molar refractivity (Wildman–Crippen MR) is 109 cm³/mol. The molecular weight excluding hydrogens is 397 g/mol. The van der Waals surface area contributed by atoms with Gasteiger partial charge in [-0.15, -0.1) is 0 Å². The Morgan fingerprint density at radius 1 is 1.07 bits per heavy atom. The van der Waals surface area contributed by atoms with Crippen LogP contribution < -0.4 is 15.8 Å². The Bertz CT molecular complexity index is 1100. The summed E-state index contributed by atoms with van der Waals surface area (Å²) in [5, 5.41) is 2.04. The number of anilines is 1. The molecule has 0 unspecified atom stereocenters. The zero-order valence-electron chi connectivity index (χ0n) is 16.5. The van der Waals surface area contributed by atoms with Crippen LogP contribution in [0.2, 0.25) is 0 Å². The third kappa shape index (κ3) is 4.32. The molecule has 3 rings (SSSR count). The molecule has 1 aromatic heterocycles. The monoisotopic (exact) mass is 418 g/mol. The minimum atomic E-state index is -4.91. The summed E-state index contributed by atoms with van der Waals surface area (Å²) >= 11 is 0. The Labute approximate surface area is 171 Å². The summed E-state index contributed by atoms with van der Waals surface area (Å²) < 4.78 is 46.8. The van der Waals surface area contributed by atoms with E-state index in [9.17, 15) is 22.8 Å². The zero-order chi connectivity index (χ0) is 21.9. The molecule has 0 aliphatic heterocycles. The molecule has 0 aliphatic carbocycles. The molecule has 5 nitrogen and oxygen atoms in total. The van der Waals surface area contributed by atoms with E-state index in [1.54, 1.807) is 30.3 Å². The number of rotatable bonds is 6. The maximum Gasteiger partial charge on any atom is 0.418 e. The van der Waals surface area contributed by atoms with E-state index in [1.807, 2.05) is 18.7 Å². The Morgan fingerprint density at radius 2 is 1.73 bits per heavy atom. The molecular formula is C22H21F3N2O3. The van der Waals surface area contributed by atoms with Gasteiger partial charge in [-0.2, -0.15) is 13.2 Å². The van der Waals surface area contributed by atoms with Crippen LogP contribution in [0.3, 0.4) is 0 Å². The lowest BCUT2D eigenvalue weighted by molar-refractivity contribution is -0.136. The highest BCUT2D eigenvalue weighted by Crippen LogP contribution is 2.37. The van der Waals surface area contributed by atoms with Crippen LogP contribution in [0.4, 0.5) is 18.9 Å². The predicted octanol–water partition coefficient (Wildman–Crippen LogP) is 4.59. The van der Waals surface area contributed by atoms with Gasteiger partial charge in [0.15, 0.2) is 0 Å². The van der Waals surface area contributed by atoms with Gasteiger partial charge >= 0.3 is 11.8 Å². The molecule has 8 heteroatoms. The van der Waals surface area contributed by atoms with E-state index in [1.165, 1.54) is 18.2 Å². The summed E-state index contributed by atoms with van der Waals surface area (Å²) in [6.45, 7) is 5.07. The van der Waals surface area contributed by atoms with E-state index in [4.69, 9.17) is 4.42 Å². The summed E-state index contributed by atoms with van der Waals surface area (Å²) in [4.78, 5) is 26.9. The van der Waals surface area contributed by atoms with Gasteiger partial charge in [0, 0.05) is 36.8 Å². The average molecular weight is 418 g/mol. The average Bonchev–Trinajstić information content (AvgIpc) is 2.71. The number of alkyl halides is 3. The van der Waals surface area contributed by atoms with Crippen molar-refractivity contribution in [2.45, 2.75) is 26.6 Å². The molecule has 1 amide bonds. The van der Waals surface area contributed by atoms with Crippen LogP contribution in [0, 0.1) is 0 Å². The van der Waals surface area contributed by atoms with Crippen molar-refractivity contribution < 1.29 is 22.4 Å². The SMILES string of the molecule is CCN(CC)c1ccc2c(C(F)(F)F)c(C(=O)NCc3ccccc3)c(=O)oc2c1. The second-order valence-electron chi connectivity index (χ2n) is 6.66. The van der Waals surface area contributed by atoms with Crippen LogP contribution in [0.25, 0.3) is 11.0 Å². The molecule has 0 atom stereocenters. The summed E-state index contributed by atoms with van der Waals surface area (Å²) in [7, 11) is 0. The van der Waals surface area contributed by atoms with Crippen molar-refractivity contribution in [3.8, 4) is 0 Å². The number of hydrogen-bond acceptors (Lipinski definition) is 4. The summed E-state index contributed by atoms with van der Waals surface area (Å²) in [5.74, 6) is -1.13. The van der Waals surface area contributed by atoms with Gasteiger partial charge in [-0.3, -0.25) is 4.79 Å². The molecule has 1 heterocycles. The van der Waals surface area contributed by atoms with Gasteiger partial charge in [-0.05, 0) is 31.5 Å². The van der Waals surface area contributed by atoms with Gasteiger partial charge in [-0.1, -0.05) is 30.3 Å². The van der Waals surface area contributed by atoms with Gasteiger partial charge in [0.2, 0.25) is 0 Å². The first-order valence-corrected chi connectivity index (χ1v) is 9.51. The molecule has 0 aliphatic rings. The number of benzene rings is 2. The van der Waals surface area contributed by atoms with Gasteiger partial charge in [0.1, 0.15) is 11.1 Å². The van der Waals surface area contributed by atoms with Crippen molar-refractivity contribution in [3.63, 3.8) is 0 Å². The topological polar surface area (TPSA) is 62.6 Å². The number of fused-ring (bicyclic) bond motifs is 1. The third-order valence-corrected chi connectivity index (χ3v) is 4.83. The van der Waals surface area contributed by atoms with E-state index >= 15 is 0 Å². The lowest BCUT2D eigenvalue weighted by atomic mass is 10.0. The number of halogens is 3. The fourth-order valence-corrected chi connectivity index (χ4v) is 3.34. The lowest BCUT2D eigenvalue weighted by Crippen LogP contribution is -2.31. The van der Waals surface area contributed by atoms with Crippen molar-refractivity contribution in [1.29, 1.82) is 0 Å². The molecule has 30 heavy (non-hydrogen) atoms. The van der Waals surface area contributed by atoms with Crippen molar-refractivity contribution in [2.75, 3.05) is 18.0 Å². The first kappa shape index (κ1) is 21.4. The van der Waals surface area contributed by atoms with E-state index in [0.29, 0.717) is 24.3 Å². The van der Waals surface area contributed by atoms with Gasteiger partial charge in [-0.25, -0.2) is 4.79 Å². The van der Waals surface area contributed by atoms with Crippen LogP contribution >= 0.6 is 0 Å². The first-order valence-electron chi connectivity index (χ1n) is 9.51. The Balaban J connectivity index is 2.09. The maximum atomic E-state index is 13.9. The third-order valence-electron chi connectivity index (χ3n) is 4.83. The zero-order valence-corrected chi connectivity index (χ0v) is 16.5. The van der Waals surface area contributed by atoms with Crippen LogP contribution in [-0.4, -0.2) is 19.0 Å². The lowest BCUT2D eigenvalue weighted by Gasteiger charge is -2.21. The highest BCUT2D eigenvalue weighted by atomic mass is 19.4.